The van der Waals surface area contributed by atoms with Gasteiger partial charge < -0.3 is 4.65 Å². The Kier molecular flexibility index (Phi) is 7.87. The predicted octanol–water partition coefficient (Wildman–Crippen LogP) is 8.21. The van der Waals surface area contributed by atoms with Crippen LogP contribution in [0.5, 0.6) is 0 Å². The summed E-state index contributed by atoms with van der Waals surface area (Å²) in [7, 11) is -3.09. The first kappa shape index (κ1) is 23.9. The molecular weight excluding hydrogens is 487 g/mol. The molecule has 1 atom stereocenters. The fourth-order valence-corrected chi connectivity index (χ4v) is 4.44. The number of rotatable bonds is 6. The van der Waals surface area contributed by atoms with Gasteiger partial charge in [-0.05, 0) is 60.4 Å². The molecule has 0 fully saturated rings. The molecule has 9 heteroatoms. The van der Waals surface area contributed by atoms with Gasteiger partial charge in [-0.25, -0.2) is 8.63 Å². The summed E-state index contributed by atoms with van der Waals surface area (Å²) in [6.07, 6.45) is 5.25. The van der Waals surface area contributed by atoms with E-state index in [-0.39, 0.29) is 17.1 Å². The second-order valence-corrected chi connectivity index (χ2v) is 8.54. The number of hydrogen-bond acceptors (Lipinski definition) is 2. The maximum absolute atomic E-state index is 13.1. The molecule has 3 rings (SSSR count). The van der Waals surface area contributed by atoms with Crippen molar-refractivity contribution in [1.82, 2.24) is 0 Å². The number of carbonyl (C=O) groups excluding carboxylic acids is 1. The summed E-state index contributed by atoms with van der Waals surface area (Å²) in [4.78, 5) is 12.4. The second kappa shape index (κ2) is 10.2. The Hall–Kier alpha value is -1.79. The number of benzene rings is 2. The average Bonchev–Trinajstić information content (AvgIpc) is 2.66. The van der Waals surface area contributed by atoms with Crippen LogP contribution >= 0.6 is 46.4 Å². The van der Waals surface area contributed by atoms with Gasteiger partial charge in [-0.15, -0.1) is 0 Å². The van der Waals surface area contributed by atoms with E-state index in [0.29, 0.717) is 43.2 Å². The van der Waals surface area contributed by atoms with Gasteiger partial charge in [0.2, 0.25) is 0 Å². The third-order valence-electron chi connectivity index (χ3n) is 4.74. The first-order chi connectivity index (χ1) is 14.7. The number of carbonyl (C=O) groups is 1. The largest absolute Gasteiger partial charge is 0.796 e. The predicted molar refractivity (Wildman–Crippen MR) is 124 cm³/mol. The van der Waals surface area contributed by atoms with Crippen LogP contribution in [0.4, 0.5) is 8.63 Å². The summed E-state index contributed by atoms with van der Waals surface area (Å²) in [5.41, 5.74) is 2.08. The number of allylic oxidation sites excluding steroid dienone is 4. The highest BCUT2D eigenvalue weighted by Crippen LogP contribution is 2.42. The van der Waals surface area contributed by atoms with Crippen LogP contribution in [-0.2, 0) is 9.45 Å². The van der Waals surface area contributed by atoms with Gasteiger partial charge in [0.05, 0.1) is 0 Å². The van der Waals surface area contributed by atoms with E-state index in [1.165, 1.54) is 13.0 Å². The van der Waals surface area contributed by atoms with E-state index in [9.17, 15) is 13.4 Å². The average molecular weight is 502 g/mol. The van der Waals surface area contributed by atoms with Crippen molar-refractivity contribution in [2.24, 2.45) is 0 Å². The fourth-order valence-electron chi connectivity index (χ4n) is 3.43. The number of Topliss-reactive ketones (excluding diaryl/α,β-unsaturated/α-hetero) is 1. The van der Waals surface area contributed by atoms with Crippen molar-refractivity contribution in [3.63, 3.8) is 0 Å². The number of halogens is 6. The maximum atomic E-state index is 13.1. The van der Waals surface area contributed by atoms with Crippen molar-refractivity contribution < 1.29 is 18.1 Å². The minimum absolute atomic E-state index is 0.131. The zero-order valence-electron chi connectivity index (χ0n) is 16.1. The topological polar surface area (TPSA) is 26.3 Å². The molecule has 2 aromatic rings. The normalized spacial score (nSPS) is 16.5. The first-order valence-electron chi connectivity index (χ1n) is 9.14. The highest BCUT2D eigenvalue weighted by Gasteiger charge is 2.32. The van der Waals surface area contributed by atoms with Gasteiger partial charge in [-0.1, -0.05) is 70.7 Å². The molecule has 31 heavy (non-hydrogen) atoms. The molecule has 0 unspecified atom stereocenters. The third kappa shape index (κ3) is 5.92. The van der Waals surface area contributed by atoms with Gasteiger partial charge in [0, 0.05) is 31.6 Å². The van der Waals surface area contributed by atoms with Crippen LogP contribution in [0, 0.1) is 0 Å². The van der Waals surface area contributed by atoms with Gasteiger partial charge in [-0.2, -0.15) is 0 Å². The SMILES string of the molecule is CC(=O)C1=C(OB(F)F)C=C(/C=C\c2ccc(Cl)cc2Cl)C[C@@H]1c1ccc(Cl)cc1Cl. The molecule has 0 amide bonds. The monoisotopic (exact) mass is 500 g/mol. The van der Waals surface area contributed by atoms with Crippen molar-refractivity contribution in [3.05, 3.63) is 96.7 Å². The smallest absolute Gasteiger partial charge is 0.505 e. The van der Waals surface area contributed by atoms with Gasteiger partial charge in [0.1, 0.15) is 5.76 Å². The Labute approximate surface area is 199 Å². The quantitative estimate of drug-likeness (QED) is 0.373. The second-order valence-electron chi connectivity index (χ2n) is 6.85. The number of hydrogen-bond donors (Lipinski definition) is 0. The molecule has 0 N–H and O–H groups in total. The van der Waals surface area contributed by atoms with E-state index in [0.717, 1.165) is 0 Å². The maximum Gasteiger partial charge on any atom is 0.796 e. The summed E-state index contributed by atoms with van der Waals surface area (Å²) < 4.78 is 30.9. The van der Waals surface area contributed by atoms with Crippen LogP contribution in [0.15, 0.2) is 65.5 Å². The molecule has 0 saturated carbocycles. The molecule has 160 valence electrons. The van der Waals surface area contributed by atoms with Gasteiger partial charge in [0.15, 0.2) is 5.78 Å². The zero-order valence-corrected chi connectivity index (χ0v) is 19.2. The lowest BCUT2D eigenvalue weighted by Gasteiger charge is -2.27. The zero-order chi connectivity index (χ0) is 22.7. The lowest BCUT2D eigenvalue weighted by Crippen LogP contribution is -2.19. The first-order valence-corrected chi connectivity index (χ1v) is 10.7. The Morgan fingerprint density at radius 3 is 2.26 bits per heavy atom. The van der Waals surface area contributed by atoms with Gasteiger partial charge in [-0.3, -0.25) is 4.79 Å². The van der Waals surface area contributed by atoms with Crippen molar-refractivity contribution in [1.29, 1.82) is 0 Å². The lowest BCUT2D eigenvalue weighted by molar-refractivity contribution is -0.114. The minimum atomic E-state index is -3.09. The summed E-state index contributed by atoms with van der Waals surface area (Å²) >= 11 is 24.5. The Morgan fingerprint density at radius 2 is 1.68 bits per heavy atom. The molecule has 2 aromatic carbocycles. The summed E-state index contributed by atoms with van der Waals surface area (Å²) in [5, 5.41) is 1.70. The molecule has 0 heterocycles. The van der Waals surface area contributed by atoms with Crippen LogP contribution in [0.25, 0.3) is 6.08 Å². The molecule has 1 aliphatic carbocycles. The van der Waals surface area contributed by atoms with E-state index < -0.39 is 13.4 Å². The summed E-state index contributed by atoms with van der Waals surface area (Å²) in [6, 6.07) is 9.90. The summed E-state index contributed by atoms with van der Waals surface area (Å²) in [6.45, 7) is 1.31. The molecule has 0 aromatic heterocycles. The molecule has 0 aliphatic heterocycles. The minimum Gasteiger partial charge on any atom is -0.505 e. The van der Waals surface area contributed by atoms with Crippen molar-refractivity contribution in [2.45, 2.75) is 19.3 Å². The van der Waals surface area contributed by atoms with Gasteiger partial charge in [0.25, 0.3) is 0 Å². The summed E-state index contributed by atoms with van der Waals surface area (Å²) in [5.74, 6) is -1.15. The third-order valence-corrected chi connectivity index (χ3v) is 5.87. The molecule has 0 spiro atoms. The van der Waals surface area contributed by atoms with Crippen LogP contribution < -0.4 is 0 Å². The molecular formula is C22H15BCl4F2O2. The van der Waals surface area contributed by atoms with E-state index in [2.05, 4.69) is 0 Å². The molecule has 0 bridgehead atoms. The van der Waals surface area contributed by atoms with Crippen molar-refractivity contribution in [2.75, 3.05) is 0 Å². The van der Waals surface area contributed by atoms with E-state index in [1.807, 2.05) is 0 Å². The van der Waals surface area contributed by atoms with Crippen LogP contribution in [-0.4, -0.2) is 13.3 Å². The molecule has 1 aliphatic rings. The standard InChI is InChI=1S/C22H15BCl4F2O2/c1-12(30)22-18(17-7-6-16(25)11-20(17)27)8-13(9-21(22)31-23(28)29)2-3-14-4-5-15(24)10-19(14)26/h2-7,9-11,18H,8H2,1H3/b3-2-/t18-/m1/s1. The molecule has 0 radical (unpaired) electrons. The number of ketones is 1. The highest BCUT2D eigenvalue weighted by atomic mass is 35.5. The molecule has 2 nitrogen and oxygen atoms in total. The van der Waals surface area contributed by atoms with E-state index in [4.69, 9.17) is 51.1 Å². The van der Waals surface area contributed by atoms with Crippen molar-refractivity contribution >= 4 is 65.7 Å². The highest BCUT2D eigenvalue weighted by molar-refractivity contribution is 6.36. The lowest BCUT2D eigenvalue weighted by atomic mass is 9.79. The van der Waals surface area contributed by atoms with E-state index in [1.54, 1.807) is 48.6 Å². The van der Waals surface area contributed by atoms with Crippen LogP contribution in [0.2, 0.25) is 20.1 Å². The van der Waals surface area contributed by atoms with Gasteiger partial charge >= 0.3 is 7.47 Å². The Bertz CT molecular complexity index is 1110. The van der Waals surface area contributed by atoms with E-state index >= 15 is 0 Å². The fraction of sp³-hybridized carbons (Fsp3) is 0.136. The van der Waals surface area contributed by atoms with Crippen molar-refractivity contribution in [3.8, 4) is 0 Å². The van der Waals surface area contributed by atoms with Crippen LogP contribution in [0.1, 0.15) is 30.4 Å². The Morgan fingerprint density at radius 1 is 1.03 bits per heavy atom. The van der Waals surface area contributed by atoms with Crippen LogP contribution in [0.3, 0.4) is 0 Å². The molecule has 0 saturated heterocycles. The Balaban J connectivity index is 2.08.